The van der Waals surface area contributed by atoms with E-state index in [1.807, 2.05) is 0 Å². The number of amides is 1. The standard InChI is InChI=1S/C33H43N3O18/c1-13-21(39)23(41)24(42)31(50-13)54-25-17(8-9-48-18(25)11-34-28(43)16-10-20(38)36-33(47)35-16)51-32-27(53-30(46)15-6-4-3-5-7-15)26(49-14(2)29(44)45)22(40)19(12-37)52-32/h3-7,10,13-14,17-19,21-27,31-32,37,39-42H,8-9,11-12H2,1-2H3,(H,34,43)(H,44,45)(H2,35,36,38,47)/t13?,14-,17?,18?,19?,21?,22?,23?,24?,25?,26?,27?,31?,32?/m0/s1. The number of esters is 1. The number of hydrogen-bond acceptors (Lipinski definition) is 19. The van der Waals surface area contributed by atoms with Crippen molar-refractivity contribution in [2.24, 2.45) is 0 Å². The molecule has 14 atom stereocenters. The number of aromatic nitrogens is 2. The number of rotatable bonds is 13. The van der Waals surface area contributed by atoms with Crippen molar-refractivity contribution in [1.82, 2.24) is 15.3 Å². The second kappa shape index (κ2) is 18.0. The highest BCUT2D eigenvalue weighted by Crippen LogP contribution is 2.34. The first kappa shape index (κ1) is 41.0. The predicted molar refractivity (Wildman–Crippen MR) is 174 cm³/mol. The summed E-state index contributed by atoms with van der Waals surface area (Å²) in [7, 11) is 0. The molecule has 0 saturated carbocycles. The highest BCUT2D eigenvalue weighted by atomic mass is 16.8. The van der Waals surface area contributed by atoms with Crippen LogP contribution in [0.5, 0.6) is 11.9 Å². The van der Waals surface area contributed by atoms with Gasteiger partial charge >= 0.3 is 17.9 Å². The molecule has 0 radical (unpaired) electrons. The number of aliphatic hydroxyl groups excluding tert-OH is 5. The molecule has 13 unspecified atom stereocenters. The number of ether oxygens (including phenoxy) is 7. The number of aliphatic hydroxyl groups is 5. The summed E-state index contributed by atoms with van der Waals surface area (Å²) in [5, 5.41) is 84.2. The maximum absolute atomic E-state index is 13.3. The van der Waals surface area contributed by atoms with E-state index in [1.54, 1.807) is 18.2 Å². The smallest absolute Gasteiger partial charge is 0.338 e. The highest BCUT2D eigenvalue weighted by molar-refractivity contribution is 5.92. The van der Waals surface area contributed by atoms with E-state index >= 15 is 0 Å². The van der Waals surface area contributed by atoms with Gasteiger partial charge in [0.15, 0.2) is 24.8 Å². The van der Waals surface area contributed by atoms with Gasteiger partial charge in [-0.05, 0) is 32.4 Å². The molecule has 21 nitrogen and oxygen atoms in total. The lowest BCUT2D eigenvalue weighted by Gasteiger charge is -2.47. The van der Waals surface area contributed by atoms with Gasteiger partial charge in [-0.15, -0.1) is 0 Å². The molecule has 3 aliphatic rings. The Morgan fingerprint density at radius 1 is 0.907 bits per heavy atom. The number of nitrogens with zero attached hydrogens (tertiary/aromatic N) is 2. The number of carboxylic acids is 1. The first-order valence-electron chi connectivity index (χ1n) is 16.9. The maximum atomic E-state index is 13.3. The van der Waals surface area contributed by atoms with Gasteiger partial charge in [0.25, 0.3) is 5.91 Å². The topological polar surface area (TPSA) is 315 Å². The molecule has 0 spiro atoms. The van der Waals surface area contributed by atoms with Crippen molar-refractivity contribution in [2.45, 2.75) is 106 Å². The minimum Gasteiger partial charge on any atom is -0.493 e. The normalized spacial score (nSPS) is 34.8. The zero-order valence-corrected chi connectivity index (χ0v) is 28.9. The summed E-state index contributed by atoms with van der Waals surface area (Å²) in [4.78, 5) is 44.9. The highest BCUT2D eigenvalue weighted by Gasteiger charge is 2.53. The second-order valence-electron chi connectivity index (χ2n) is 12.8. The summed E-state index contributed by atoms with van der Waals surface area (Å²) in [5.74, 6) is -3.91. The van der Waals surface area contributed by atoms with Crippen LogP contribution in [0.1, 0.15) is 41.1 Å². The van der Waals surface area contributed by atoms with Gasteiger partial charge in [-0.1, -0.05) is 18.2 Å². The van der Waals surface area contributed by atoms with Crippen molar-refractivity contribution in [2.75, 3.05) is 19.8 Å². The molecule has 0 aliphatic carbocycles. The summed E-state index contributed by atoms with van der Waals surface area (Å²) in [6.07, 6.45) is -21.0. The molecule has 0 bridgehead atoms. The zero-order chi connectivity index (χ0) is 39.3. The number of benzene rings is 1. The summed E-state index contributed by atoms with van der Waals surface area (Å²) in [6, 6.07) is 7.69. The number of carbonyl (C=O) groups excluding carboxylic acids is 2. The molecule has 1 aromatic heterocycles. The molecule has 54 heavy (non-hydrogen) atoms. The molecule has 3 aliphatic heterocycles. The van der Waals surface area contributed by atoms with Gasteiger partial charge in [0.1, 0.15) is 54.5 Å². The van der Waals surface area contributed by atoms with Crippen LogP contribution < -0.4 is 5.32 Å². The van der Waals surface area contributed by atoms with Crippen LogP contribution in [0.3, 0.4) is 0 Å². The first-order chi connectivity index (χ1) is 25.7. The minimum absolute atomic E-state index is 0.00503. The van der Waals surface area contributed by atoms with Crippen LogP contribution in [0.15, 0.2) is 36.4 Å². The van der Waals surface area contributed by atoms with Gasteiger partial charge < -0.3 is 79.3 Å². The molecule has 2 aromatic rings. The van der Waals surface area contributed by atoms with Gasteiger partial charge in [0.2, 0.25) is 5.88 Å². The molecule has 1 aromatic carbocycles. The third-order valence-corrected chi connectivity index (χ3v) is 9.03. The lowest BCUT2D eigenvalue weighted by Crippen LogP contribution is -2.64. The average molecular weight is 770 g/mol. The largest absolute Gasteiger partial charge is 0.493 e. The van der Waals surface area contributed by atoms with Crippen molar-refractivity contribution in [3.63, 3.8) is 0 Å². The number of hydrogen-bond donors (Lipinski definition) is 9. The van der Waals surface area contributed by atoms with E-state index in [-0.39, 0.29) is 25.1 Å². The fourth-order valence-electron chi connectivity index (χ4n) is 6.10. The van der Waals surface area contributed by atoms with E-state index in [0.29, 0.717) is 0 Å². The van der Waals surface area contributed by atoms with Crippen molar-refractivity contribution < 1.29 is 88.4 Å². The molecule has 9 N–H and O–H groups in total. The van der Waals surface area contributed by atoms with E-state index in [4.69, 9.17) is 33.2 Å². The summed E-state index contributed by atoms with van der Waals surface area (Å²) < 4.78 is 41.3. The molecule has 4 heterocycles. The minimum atomic E-state index is -1.80. The summed E-state index contributed by atoms with van der Waals surface area (Å²) >= 11 is 0. The zero-order valence-electron chi connectivity index (χ0n) is 28.9. The lowest BCUT2D eigenvalue weighted by atomic mass is 9.96. The summed E-state index contributed by atoms with van der Waals surface area (Å²) in [6.45, 7) is 1.37. The molecule has 5 rings (SSSR count). The van der Waals surface area contributed by atoms with Gasteiger partial charge in [-0.25, -0.2) is 9.59 Å². The third kappa shape index (κ3) is 9.56. The Hall–Kier alpha value is -4.13. The van der Waals surface area contributed by atoms with Crippen LogP contribution in [0, 0.1) is 0 Å². The molecule has 3 fully saturated rings. The van der Waals surface area contributed by atoms with E-state index in [2.05, 4.69) is 15.3 Å². The number of nitrogens with one attached hydrogen (secondary N) is 1. The van der Waals surface area contributed by atoms with Crippen LogP contribution in [-0.2, 0) is 38.0 Å². The van der Waals surface area contributed by atoms with Crippen molar-refractivity contribution in [3.8, 4) is 11.9 Å². The van der Waals surface area contributed by atoms with Gasteiger partial charge in [-0.3, -0.25) is 4.79 Å². The monoisotopic (exact) mass is 769 g/mol. The molecule has 21 heteroatoms. The Morgan fingerprint density at radius 3 is 2.30 bits per heavy atom. The van der Waals surface area contributed by atoms with Crippen LogP contribution in [0.2, 0.25) is 0 Å². The van der Waals surface area contributed by atoms with Gasteiger partial charge in [0.05, 0.1) is 24.4 Å². The number of carboxylic acid groups (broad SMARTS) is 1. The molecule has 298 valence electrons. The quantitative estimate of drug-likeness (QED) is 0.0927. The van der Waals surface area contributed by atoms with Crippen molar-refractivity contribution in [3.05, 3.63) is 47.7 Å². The van der Waals surface area contributed by atoms with Gasteiger partial charge in [0, 0.05) is 19.2 Å². The van der Waals surface area contributed by atoms with E-state index in [0.717, 1.165) is 6.07 Å². The third-order valence-electron chi connectivity index (χ3n) is 9.03. The average Bonchev–Trinajstić information content (AvgIpc) is 3.14. The molecular formula is C33H43N3O18. The predicted octanol–water partition coefficient (Wildman–Crippen LogP) is -2.83. The molecule has 1 amide bonds. The van der Waals surface area contributed by atoms with Crippen molar-refractivity contribution >= 4 is 17.8 Å². The summed E-state index contributed by atoms with van der Waals surface area (Å²) in [5.41, 5.74) is -0.335. The van der Waals surface area contributed by atoms with Crippen LogP contribution in [0.4, 0.5) is 0 Å². The van der Waals surface area contributed by atoms with Gasteiger partial charge in [-0.2, -0.15) is 9.97 Å². The maximum Gasteiger partial charge on any atom is 0.338 e. The molecule has 3 saturated heterocycles. The Kier molecular flexibility index (Phi) is 13.7. The Bertz CT molecular complexity index is 1570. The fraction of sp³-hybridized carbons (Fsp3) is 0.606. The number of aliphatic carboxylic acids is 1. The van der Waals surface area contributed by atoms with Crippen molar-refractivity contribution in [1.29, 1.82) is 0 Å². The fourth-order valence-corrected chi connectivity index (χ4v) is 6.10. The Morgan fingerprint density at radius 2 is 1.63 bits per heavy atom. The second-order valence-corrected chi connectivity index (χ2v) is 12.8. The molecular weight excluding hydrogens is 726 g/mol. The first-order valence-corrected chi connectivity index (χ1v) is 16.9. The Labute approximate surface area is 306 Å². The van der Waals surface area contributed by atoms with E-state index < -0.39 is 128 Å². The van der Waals surface area contributed by atoms with Crippen LogP contribution in [-0.4, -0.2) is 174 Å². The number of carbonyl (C=O) groups is 3. The van der Waals surface area contributed by atoms with Crippen LogP contribution in [0.25, 0.3) is 0 Å². The van der Waals surface area contributed by atoms with Crippen LogP contribution >= 0.6 is 0 Å². The number of aromatic hydroxyl groups is 2. The lowest BCUT2D eigenvalue weighted by molar-refractivity contribution is -0.354. The van der Waals surface area contributed by atoms with E-state index in [1.165, 1.54) is 26.0 Å². The SMILES string of the molecule is CC1OC(OC2C(CNC(=O)c3cc(O)nc(O)n3)OCCC2OC2OC(CO)C(O)C(O[C@@H](C)C(=O)O)C2OC(=O)c2ccccc2)C(O)C(O)C1O. The van der Waals surface area contributed by atoms with E-state index in [9.17, 15) is 55.2 Å². The Balaban J connectivity index is 1.46.